The third-order valence-electron chi connectivity index (χ3n) is 2.91. The van der Waals surface area contributed by atoms with Crippen molar-refractivity contribution in [2.45, 2.75) is 6.42 Å². The summed E-state index contributed by atoms with van der Waals surface area (Å²) >= 11 is 3.06. The molecule has 1 N–H and O–H groups in total. The number of anilines is 1. The summed E-state index contributed by atoms with van der Waals surface area (Å²) in [6, 6.07) is 4.50. The van der Waals surface area contributed by atoms with E-state index < -0.39 is 22.7 Å². The Balaban J connectivity index is 2.43. The number of benzene rings is 1. The van der Waals surface area contributed by atoms with Gasteiger partial charge in [-0.2, -0.15) is 0 Å². The first-order chi connectivity index (χ1) is 8.91. The van der Waals surface area contributed by atoms with E-state index in [1.165, 1.54) is 12.1 Å². The molecule has 0 aromatic heterocycles. The maximum atomic E-state index is 11.8. The van der Waals surface area contributed by atoms with Crippen LogP contribution in [-0.2, 0) is 9.59 Å². The topological polar surface area (TPSA) is 101 Å². The second kappa shape index (κ2) is 4.96. The average molecular weight is 329 g/mol. The van der Waals surface area contributed by atoms with Crippen molar-refractivity contribution in [3.63, 3.8) is 0 Å². The highest BCUT2D eigenvalue weighted by atomic mass is 79.9. The van der Waals surface area contributed by atoms with Crippen LogP contribution < -0.4 is 4.90 Å². The zero-order valence-corrected chi connectivity index (χ0v) is 11.2. The molecule has 1 aliphatic rings. The number of carbonyl (C=O) groups excluding carboxylic acids is 1. The molecule has 100 valence electrons. The first-order valence-electron chi connectivity index (χ1n) is 5.38. The van der Waals surface area contributed by atoms with Gasteiger partial charge in [0.25, 0.3) is 0 Å². The van der Waals surface area contributed by atoms with Crippen LogP contribution in [0.1, 0.15) is 6.42 Å². The SMILES string of the molecule is O=C(O)C1CC(=O)N(c2cccc(Br)c2[N+](=O)[O-])C1. The Morgan fingerprint density at radius 2 is 2.21 bits per heavy atom. The molecule has 7 nitrogen and oxygen atoms in total. The van der Waals surface area contributed by atoms with Crippen molar-refractivity contribution in [2.24, 2.45) is 5.92 Å². The third-order valence-corrected chi connectivity index (χ3v) is 3.55. The van der Waals surface area contributed by atoms with Crippen molar-refractivity contribution in [3.8, 4) is 0 Å². The molecule has 1 amide bonds. The quantitative estimate of drug-likeness (QED) is 0.673. The molecule has 0 aliphatic carbocycles. The van der Waals surface area contributed by atoms with Crippen molar-refractivity contribution >= 4 is 39.2 Å². The number of carbonyl (C=O) groups is 2. The van der Waals surface area contributed by atoms with Crippen molar-refractivity contribution in [1.29, 1.82) is 0 Å². The number of para-hydroxylation sites is 1. The number of amides is 1. The number of hydrogen-bond donors (Lipinski definition) is 1. The lowest BCUT2D eigenvalue weighted by molar-refractivity contribution is -0.384. The Bertz CT molecular complexity index is 574. The number of nitrogens with zero attached hydrogens (tertiary/aromatic N) is 2. The fraction of sp³-hybridized carbons (Fsp3) is 0.273. The second-order valence-corrected chi connectivity index (χ2v) is 4.96. The summed E-state index contributed by atoms with van der Waals surface area (Å²) in [5.74, 6) is -2.33. The summed E-state index contributed by atoms with van der Waals surface area (Å²) in [6.07, 6.45) is -0.140. The van der Waals surface area contributed by atoms with E-state index in [1.54, 1.807) is 6.07 Å². The molecule has 1 saturated heterocycles. The number of carboxylic acids is 1. The van der Waals surface area contributed by atoms with Crippen molar-refractivity contribution in [3.05, 3.63) is 32.8 Å². The van der Waals surface area contributed by atoms with E-state index in [9.17, 15) is 19.7 Å². The van der Waals surface area contributed by atoms with Crippen molar-refractivity contribution in [1.82, 2.24) is 0 Å². The second-order valence-electron chi connectivity index (χ2n) is 4.11. The van der Waals surface area contributed by atoms with Crippen LogP contribution in [-0.4, -0.2) is 28.5 Å². The Labute approximate surface area is 116 Å². The number of carboxylic acid groups (broad SMARTS) is 1. The van der Waals surface area contributed by atoms with Crippen LogP contribution >= 0.6 is 15.9 Å². The molecule has 0 spiro atoms. The molecule has 2 rings (SSSR count). The first kappa shape index (κ1) is 13.5. The van der Waals surface area contributed by atoms with Crippen LogP contribution in [0.25, 0.3) is 0 Å². The molecule has 19 heavy (non-hydrogen) atoms. The highest BCUT2D eigenvalue weighted by Gasteiger charge is 2.38. The molecule has 0 saturated carbocycles. The number of nitro groups is 1. The van der Waals surface area contributed by atoms with Gasteiger partial charge in [-0.25, -0.2) is 0 Å². The summed E-state index contributed by atoms with van der Waals surface area (Å²) in [4.78, 5) is 34.3. The Kier molecular flexibility index (Phi) is 3.52. The van der Waals surface area contributed by atoms with E-state index in [1.807, 2.05) is 0 Å². The monoisotopic (exact) mass is 328 g/mol. The summed E-state index contributed by atoms with van der Waals surface area (Å²) in [7, 11) is 0. The summed E-state index contributed by atoms with van der Waals surface area (Å²) < 4.78 is 0.251. The highest BCUT2D eigenvalue weighted by molar-refractivity contribution is 9.10. The van der Waals surface area contributed by atoms with E-state index in [-0.39, 0.29) is 28.8 Å². The molecular formula is C11H9BrN2O5. The highest BCUT2D eigenvalue weighted by Crippen LogP contribution is 2.37. The van der Waals surface area contributed by atoms with Gasteiger partial charge in [-0.05, 0) is 28.1 Å². The zero-order chi connectivity index (χ0) is 14.2. The van der Waals surface area contributed by atoms with Gasteiger partial charge in [0.2, 0.25) is 5.91 Å². The molecule has 0 radical (unpaired) electrons. The molecule has 1 aliphatic heterocycles. The van der Waals surface area contributed by atoms with Gasteiger partial charge in [-0.3, -0.25) is 19.7 Å². The number of rotatable bonds is 3. The van der Waals surface area contributed by atoms with Crippen LogP contribution in [0.4, 0.5) is 11.4 Å². The van der Waals surface area contributed by atoms with Gasteiger partial charge in [0, 0.05) is 13.0 Å². The molecular weight excluding hydrogens is 320 g/mol. The molecule has 1 heterocycles. The minimum atomic E-state index is -1.08. The van der Waals surface area contributed by atoms with E-state index in [2.05, 4.69) is 15.9 Å². The average Bonchev–Trinajstić information content (AvgIpc) is 2.70. The summed E-state index contributed by atoms with van der Waals surface area (Å²) in [5.41, 5.74) is -0.116. The summed E-state index contributed by atoms with van der Waals surface area (Å²) in [6.45, 7) is -0.0501. The molecule has 1 unspecified atom stereocenters. The third kappa shape index (κ3) is 2.43. The molecule has 1 fully saturated rings. The molecule has 0 bridgehead atoms. The number of nitro benzene ring substituents is 1. The van der Waals surface area contributed by atoms with Gasteiger partial charge >= 0.3 is 11.7 Å². The smallest absolute Gasteiger partial charge is 0.308 e. The minimum absolute atomic E-state index is 0.0501. The number of aliphatic carboxylic acids is 1. The predicted molar refractivity (Wildman–Crippen MR) is 68.9 cm³/mol. The lowest BCUT2D eigenvalue weighted by Crippen LogP contribution is -2.26. The normalized spacial score (nSPS) is 18.7. The van der Waals surface area contributed by atoms with Crippen molar-refractivity contribution in [2.75, 3.05) is 11.4 Å². The Morgan fingerprint density at radius 3 is 2.74 bits per heavy atom. The van der Waals surface area contributed by atoms with Gasteiger partial charge in [0.05, 0.1) is 15.3 Å². The number of halogens is 1. The minimum Gasteiger partial charge on any atom is -0.481 e. The predicted octanol–water partition coefficient (Wildman–Crippen LogP) is 1.79. The van der Waals surface area contributed by atoms with Crippen molar-refractivity contribution < 1.29 is 19.6 Å². The molecule has 1 aromatic rings. The van der Waals surface area contributed by atoms with Crippen LogP contribution in [0.2, 0.25) is 0 Å². The van der Waals surface area contributed by atoms with Gasteiger partial charge < -0.3 is 10.0 Å². The van der Waals surface area contributed by atoms with E-state index in [0.29, 0.717) is 0 Å². The lowest BCUT2D eigenvalue weighted by atomic mass is 10.1. The Hall–Kier alpha value is -1.96. The van der Waals surface area contributed by atoms with Gasteiger partial charge in [-0.15, -0.1) is 0 Å². The van der Waals surface area contributed by atoms with Crippen LogP contribution in [0, 0.1) is 16.0 Å². The zero-order valence-electron chi connectivity index (χ0n) is 9.58. The maximum absolute atomic E-state index is 11.8. The van der Waals surface area contributed by atoms with E-state index >= 15 is 0 Å². The lowest BCUT2D eigenvalue weighted by Gasteiger charge is -2.16. The standard InChI is InChI=1S/C11H9BrN2O5/c12-7-2-1-3-8(10(7)14(18)19)13-5-6(11(16)17)4-9(13)15/h1-3,6H,4-5H2,(H,16,17). The maximum Gasteiger partial charge on any atom is 0.308 e. The first-order valence-corrected chi connectivity index (χ1v) is 6.17. The Morgan fingerprint density at radius 1 is 1.53 bits per heavy atom. The van der Waals surface area contributed by atoms with Crippen LogP contribution in [0.3, 0.4) is 0 Å². The van der Waals surface area contributed by atoms with E-state index in [0.717, 1.165) is 4.90 Å². The van der Waals surface area contributed by atoms with Gasteiger partial charge in [-0.1, -0.05) is 6.07 Å². The fourth-order valence-electron chi connectivity index (χ4n) is 2.01. The summed E-state index contributed by atoms with van der Waals surface area (Å²) in [5, 5.41) is 19.9. The van der Waals surface area contributed by atoms with Crippen LogP contribution in [0.5, 0.6) is 0 Å². The van der Waals surface area contributed by atoms with Gasteiger partial charge in [0.1, 0.15) is 5.69 Å². The fourth-order valence-corrected chi connectivity index (χ4v) is 2.51. The van der Waals surface area contributed by atoms with Crippen LogP contribution in [0.15, 0.2) is 22.7 Å². The largest absolute Gasteiger partial charge is 0.481 e. The molecule has 8 heteroatoms. The van der Waals surface area contributed by atoms with Gasteiger partial charge in [0.15, 0.2) is 0 Å². The molecule has 1 aromatic carbocycles. The van der Waals surface area contributed by atoms with E-state index in [4.69, 9.17) is 5.11 Å². The number of hydrogen-bond acceptors (Lipinski definition) is 4. The molecule has 1 atom stereocenters.